The van der Waals surface area contributed by atoms with Gasteiger partial charge in [-0.1, -0.05) is 31.4 Å². The van der Waals surface area contributed by atoms with Crippen LogP contribution in [0.4, 0.5) is 17.5 Å². The molecule has 1 aromatic carbocycles. The molecule has 2 amide bonds. The summed E-state index contributed by atoms with van der Waals surface area (Å²) in [7, 11) is 1.54. The van der Waals surface area contributed by atoms with Crippen LogP contribution >= 0.6 is 0 Å². The molecule has 0 unspecified atom stereocenters. The van der Waals surface area contributed by atoms with Crippen LogP contribution in [0.2, 0.25) is 0 Å². The van der Waals surface area contributed by atoms with Crippen molar-refractivity contribution in [1.29, 1.82) is 0 Å². The Morgan fingerprint density at radius 1 is 1.17 bits per heavy atom. The van der Waals surface area contributed by atoms with Gasteiger partial charge >= 0.3 is 0 Å². The number of aromatic amines is 1. The van der Waals surface area contributed by atoms with Crippen LogP contribution in [-0.4, -0.2) is 34.9 Å². The van der Waals surface area contributed by atoms with Crippen LogP contribution < -0.4 is 26.2 Å². The van der Waals surface area contributed by atoms with Crippen molar-refractivity contribution in [3.63, 3.8) is 0 Å². The minimum Gasteiger partial charge on any atom is -0.495 e. The Kier molecular flexibility index (Phi) is 5.69. The van der Waals surface area contributed by atoms with Gasteiger partial charge in [0.15, 0.2) is 0 Å². The Balaban J connectivity index is 1.61. The quantitative estimate of drug-likeness (QED) is 0.599. The Morgan fingerprint density at radius 2 is 1.93 bits per heavy atom. The average Bonchev–Trinajstić information content (AvgIpc) is 2.74. The molecule has 4 N–H and O–H groups in total. The number of para-hydroxylation sites is 2. The molecule has 1 atom stereocenters. The van der Waals surface area contributed by atoms with E-state index in [0.717, 1.165) is 25.7 Å². The summed E-state index contributed by atoms with van der Waals surface area (Å²) in [6.07, 6.45) is 5.10. The number of hydrogen-bond donors (Lipinski definition) is 4. The summed E-state index contributed by atoms with van der Waals surface area (Å²) < 4.78 is 5.29. The minimum atomic E-state index is -0.854. The molecule has 1 aromatic heterocycles. The molecular weight excluding hydrogens is 386 g/mol. The van der Waals surface area contributed by atoms with Crippen LogP contribution in [-0.2, 0) is 9.59 Å². The summed E-state index contributed by atoms with van der Waals surface area (Å²) in [5, 5.41) is 8.63. The largest absolute Gasteiger partial charge is 0.495 e. The molecule has 2 heterocycles. The molecule has 158 valence electrons. The molecule has 1 aliphatic carbocycles. The van der Waals surface area contributed by atoms with Gasteiger partial charge in [0.2, 0.25) is 17.8 Å². The molecule has 2 aliphatic rings. The lowest BCUT2D eigenvalue weighted by atomic mass is 9.90. The topological polar surface area (TPSA) is 125 Å². The molecule has 9 heteroatoms. The number of hydrogen-bond acceptors (Lipinski definition) is 6. The van der Waals surface area contributed by atoms with Crippen molar-refractivity contribution >= 4 is 29.3 Å². The standard InChI is InChI=1S/C21H25N5O4/c1-30-15-10-6-5-9-14(15)23-21-25-18-17(20(29)26-21)13(11-16(27)24-18)19(28)22-12-7-3-2-4-8-12/h5-6,9-10,12-13H,2-4,7-8,11H2,1H3,(H,22,28)(H3,23,24,25,26,27,29)/t13-/m1/s1. The van der Waals surface area contributed by atoms with Crippen LogP contribution in [0.25, 0.3) is 0 Å². The zero-order valence-corrected chi connectivity index (χ0v) is 16.8. The van der Waals surface area contributed by atoms with E-state index in [1.54, 1.807) is 19.2 Å². The van der Waals surface area contributed by atoms with Gasteiger partial charge in [-0.3, -0.25) is 19.4 Å². The summed E-state index contributed by atoms with van der Waals surface area (Å²) in [6.45, 7) is 0. The Labute approximate surface area is 173 Å². The van der Waals surface area contributed by atoms with Gasteiger partial charge in [-0.05, 0) is 25.0 Å². The van der Waals surface area contributed by atoms with Crippen molar-refractivity contribution in [1.82, 2.24) is 15.3 Å². The third kappa shape index (κ3) is 4.14. The van der Waals surface area contributed by atoms with E-state index in [1.807, 2.05) is 12.1 Å². The fourth-order valence-corrected chi connectivity index (χ4v) is 4.08. The molecular formula is C21H25N5O4. The number of nitrogens with one attached hydrogen (secondary N) is 4. The van der Waals surface area contributed by atoms with Crippen molar-refractivity contribution in [2.24, 2.45) is 0 Å². The number of benzene rings is 1. The van der Waals surface area contributed by atoms with E-state index in [4.69, 9.17) is 4.74 Å². The van der Waals surface area contributed by atoms with Crippen LogP contribution in [0.15, 0.2) is 29.1 Å². The molecule has 4 rings (SSSR count). The van der Waals surface area contributed by atoms with Gasteiger partial charge in [0, 0.05) is 12.5 Å². The Hall–Kier alpha value is -3.36. The lowest BCUT2D eigenvalue weighted by molar-refractivity contribution is -0.127. The molecule has 0 saturated heterocycles. The predicted molar refractivity (Wildman–Crippen MR) is 112 cm³/mol. The first-order valence-electron chi connectivity index (χ1n) is 10.2. The first-order chi connectivity index (χ1) is 14.5. The van der Waals surface area contributed by atoms with Gasteiger partial charge in [-0.25, -0.2) is 0 Å². The van der Waals surface area contributed by atoms with Crippen LogP contribution in [0.3, 0.4) is 0 Å². The van der Waals surface area contributed by atoms with E-state index in [-0.39, 0.29) is 41.6 Å². The second-order valence-electron chi connectivity index (χ2n) is 7.65. The molecule has 0 spiro atoms. The highest BCUT2D eigenvalue weighted by Crippen LogP contribution is 2.31. The SMILES string of the molecule is COc1ccccc1Nc1nc2c(c(=O)[nH]1)[C@H](C(=O)NC1CCCCC1)CC(=O)N2. The zero-order valence-electron chi connectivity index (χ0n) is 16.8. The van der Waals surface area contributed by atoms with Crippen molar-refractivity contribution in [2.45, 2.75) is 50.5 Å². The number of fused-ring (bicyclic) bond motifs is 1. The number of carbonyl (C=O) groups excluding carboxylic acids is 2. The number of amides is 2. The number of anilines is 3. The Morgan fingerprint density at radius 3 is 2.70 bits per heavy atom. The van der Waals surface area contributed by atoms with Crippen molar-refractivity contribution < 1.29 is 14.3 Å². The van der Waals surface area contributed by atoms with Gasteiger partial charge in [0.05, 0.1) is 24.3 Å². The van der Waals surface area contributed by atoms with Crippen LogP contribution in [0, 0.1) is 0 Å². The molecule has 0 bridgehead atoms. The third-order valence-electron chi connectivity index (χ3n) is 5.58. The number of ether oxygens (including phenoxy) is 1. The molecule has 1 fully saturated rings. The van der Waals surface area contributed by atoms with Gasteiger partial charge < -0.3 is 20.7 Å². The lowest BCUT2D eigenvalue weighted by Crippen LogP contribution is -2.43. The minimum absolute atomic E-state index is 0.0738. The highest BCUT2D eigenvalue weighted by molar-refractivity contribution is 6.00. The lowest BCUT2D eigenvalue weighted by Gasteiger charge is -2.28. The first-order valence-corrected chi connectivity index (χ1v) is 10.2. The number of methoxy groups -OCH3 is 1. The number of aromatic nitrogens is 2. The fraction of sp³-hybridized carbons (Fsp3) is 0.429. The van der Waals surface area contributed by atoms with E-state index in [0.29, 0.717) is 11.4 Å². The molecule has 30 heavy (non-hydrogen) atoms. The maximum absolute atomic E-state index is 12.9. The second kappa shape index (κ2) is 8.56. The predicted octanol–water partition coefficient (Wildman–Crippen LogP) is 2.40. The van der Waals surface area contributed by atoms with Crippen LogP contribution in [0.5, 0.6) is 5.75 Å². The Bertz CT molecular complexity index is 1010. The van der Waals surface area contributed by atoms with Gasteiger partial charge in [-0.15, -0.1) is 0 Å². The van der Waals surface area contributed by atoms with E-state index in [2.05, 4.69) is 25.9 Å². The van der Waals surface area contributed by atoms with Crippen molar-refractivity contribution in [2.75, 3.05) is 17.7 Å². The van der Waals surface area contributed by atoms with E-state index < -0.39 is 11.5 Å². The highest BCUT2D eigenvalue weighted by Gasteiger charge is 2.35. The number of rotatable bonds is 5. The summed E-state index contributed by atoms with van der Waals surface area (Å²) in [4.78, 5) is 45.0. The molecule has 9 nitrogen and oxygen atoms in total. The summed E-state index contributed by atoms with van der Waals surface area (Å²) in [5.41, 5.74) is 0.339. The number of carbonyl (C=O) groups is 2. The highest BCUT2D eigenvalue weighted by atomic mass is 16.5. The van der Waals surface area contributed by atoms with Crippen molar-refractivity contribution in [3.8, 4) is 5.75 Å². The number of H-pyrrole nitrogens is 1. The second-order valence-corrected chi connectivity index (χ2v) is 7.65. The number of nitrogens with zero attached hydrogens (tertiary/aromatic N) is 1. The summed E-state index contributed by atoms with van der Waals surface area (Å²) >= 11 is 0. The molecule has 1 aliphatic heterocycles. The van der Waals surface area contributed by atoms with E-state index in [9.17, 15) is 14.4 Å². The van der Waals surface area contributed by atoms with Gasteiger partial charge in [0.25, 0.3) is 5.56 Å². The molecule has 1 saturated carbocycles. The first kappa shape index (κ1) is 19.9. The van der Waals surface area contributed by atoms with Crippen LogP contribution in [0.1, 0.15) is 50.0 Å². The summed E-state index contributed by atoms with van der Waals surface area (Å²) in [5.74, 6) is -0.657. The smallest absolute Gasteiger partial charge is 0.258 e. The fourth-order valence-electron chi connectivity index (χ4n) is 4.08. The maximum Gasteiger partial charge on any atom is 0.258 e. The summed E-state index contributed by atoms with van der Waals surface area (Å²) in [6, 6.07) is 7.28. The van der Waals surface area contributed by atoms with Gasteiger partial charge in [-0.2, -0.15) is 4.98 Å². The zero-order chi connectivity index (χ0) is 21.1. The monoisotopic (exact) mass is 411 g/mol. The normalized spacial score (nSPS) is 18.8. The van der Waals surface area contributed by atoms with E-state index in [1.165, 1.54) is 6.42 Å². The van der Waals surface area contributed by atoms with E-state index >= 15 is 0 Å². The molecule has 2 aromatic rings. The average molecular weight is 411 g/mol. The van der Waals surface area contributed by atoms with Gasteiger partial charge in [0.1, 0.15) is 11.6 Å². The third-order valence-corrected chi connectivity index (χ3v) is 5.58. The molecule has 0 radical (unpaired) electrons. The van der Waals surface area contributed by atoms with Crippen molar-refractivity contribution in [3.05, 3.63) is 40.2 Å². The maximum atomic E-state index is 12.9.